The molecule has 0 N–H and O–H groups in total. The zero-order valence-electron chi connectivity index (χ0n) is 13.9. The van der Waals surface area contributed by atoms with Crippen molar-refractivity contribution in [2.24, 2.45) is 0 Å². The molecule has 0 spiro atoms. The normalized spacial score (nSPS) is 18.3. The molecule has 1 fully saturated rings. The van der Waals surface area contributed by atoms with Crippen molar-refractivity contribution in [3.05, 3.63) is 35.5 Å². The number of rotatable bonds is 5. The van der Waals surface area contributed by atoms with Crippen LogP contribution in [0, 0.1) is 13.8 Å². The zero-order valence-corrected chi connectivity index (χ0v) is 13.9. The van der Waals surface area contributed by atoms with Crippen LogP contribution in [0.3, 0.4) is 0 Å². The van der Waals surface area contributed by atoms with Gasteiger partial charge in [0, 0.05) is 30.9 Å². The van der Waals surface area contributed by atoms with Crippen molar-refractivity contribution in [3.8, 4) is 0 Å². The number of aryl methyl sites for hydroxylation is 2. The summed E-state index contributed by atoms with van der Waals surface area (Å²) in [4.78, 5) is 14.7. The van der Waals surface area contributed by atoms with E-state index in [0.717, 1.165) is 42.9 Å². The summed E-state index contributed by atoms with van der Waals surface area (Å²) < 4.78 is 7.10. The van der Waals surface area contributed by atoms with Crippen LogP contribution < -0.4 is 0 Å². The molecule has 0 aromatic carbocycles. The highest BCUT2D eigenvalue weighted by atomic mass is 16.5. The first-order valence-electron chi connectivity index (χ1n) is 8.34. The van der Waals surface area contributed by atoms with Gasteiger partial charge in [-0.3, -0.25) is 9.48 Å². The third-order valence-corrected chi connectivity index (χ3v) is 4.67. The third-order valence-electron chi connectivity index (χ3n) is 4.67. The molecule has 0 aliphatic carbocycles. The first-order valence-corrected chi connectivity index (χ1v) is 8.34. The SMILES string of the molecule is Cc1noc(C)c1CCC(=O)N1CCCC[C@H]1Cn1cccn1. The topological polar surface area (TPSA) is 64.2 Å². The van der Waals surface area contributed by atoms with Crippen molar-refractivity contribution in [1.82, 2.24) is 19.8 Å². The molecular weight excluding hydrogens is 292 g/mol. The van der Waals surface area contributed by atoms with Crippen LogP contribution in [0.2, 0.25) is 0 Å². The molecule has 3 rings (SSSR count). The van der Waals surface area contributed by atoms with Crippen LogP contribution in [0.1, 0.15) is 42.7 Å². The van der Waals surface area contributed by atoms with Gasteiger partial charge in [-0.25, -0.2) is 0 Å². The molecule has 0 radical (unpaired) electrons. The van der Waals surface area contributed by atoms with Crippen molar-refractivity contribution >= 4 is 5.91 Å². The van der Waals surface area contributed by atoms with Gasteiger partial charge in [-0.2, -0.15) is 5.10 Å². The molecule has 0 saturated carbocycles. The highest BCUT2D eigenvalue weighted by molar-refractivity contribution is 5.77. The Hall–Kier alpha value is -2.11. The molecule has 6 nitrogen and oxygen atoms in total. The summed E-state index contributed by atoms with van der Waals surface area (Å²) in [5.41, 5.74) is 1.96. The van der Waals surface area contributed by atoms with E-state index in [1.165, 1.54) is 6.42 Å². The molecule has 124 valence electrons. The van der Waals surface area contributed by atoms with Gasteiger partial charge in [0.05, 0.1) is 18.3 Å². The maximum absolute atomic E-state index is 12.7. The van der Waals surface area contributed by atoms with E-state index < -0.39 is 0 Å². The van der Waals surface area contributed by atoms with Gasteiger partial charge in [0.2, 0.25) is 5.91 Å². The van der Waals surface area contributed by atoms with Gasteiger partial charge in [-0.1, -0.05) is 5.16 Å². The minimum Gasteiger partial charge on any atom is -0.361 e. The van der Waals surface area contributed by atoms with Gasteiger partial charge in [0.15, 0.2) is 0 Å². The molecule has 1 aliphatic rings. The average molecular weight is 316 g/mol. The van der Waals surface area contributed by atoms with Gasteiger partial charge < -0.3 is 9.42 Å². The zero-order chi connectivity index (χ0) is 16.2. The van der Waals surface area contributed by atoms with Crippen molar-refractivity contribution < 1.29 is 9.32 Å². The minimum absolute atomic E-state index is 0.224. The monoisotopic (exact) mass is 316 g/mol. The molecule has 1 saturated heterocycles. The number of likely N-dealkylation sites (tertiary alicyclic amines) is 1. The molecule has 0 unspecified atom stereocenters. The van der Waals surface area contributed by atoms with Crippen LogP contribution >= 0.6 is 0 Å². The summed E-state index contributed by atoms with van der Waals surface area (Å²) in [7, 11) is 0. The molecule has 1 aliphatic heterocycles. The van der Waals surface area contributed by atoms with Gasteiger partial charge in [0.25, 0.3) is 0 Å². The smallest absolute Gasteiger partial charge is 0.223 e. The fourth-order valence-electron chi connectivity index (χ4n) is 3.38. The predicted octanol–water partition coefficient (Wildman–Crippen LogP) is 2.50. The molecule has 23 heavy (non-hydrogen) atoms. The Balaban J connectivity index is 1.62. The summed E-state index contributed by atoms with van der Waals surface area (Å²) in [6.07, 6.45) is 8.28. The van der Waals surface area contributed by atoms with E-state index in [1.807, 2.05) is 35.7 Å². The lowest BCUT2D eigenvalue weighted by Crippen LogP contribution is -2.46. The van der Waals surface area contributed by atoms with Crippen LogP contribution in [0.4, 0.5) is 0 Å². The Morgan fingerprint density at radius 2 is 2.26 bits per heavy atom. The van der Waals surface area contributed by atoms with E-state index in [1.54, 1.807) is 6.20 Å². The predicted molar refractivity (Wildman–Crippen MR) is 85.9 cm³/mol. The molecule has 1 atom stereocenters. The lowest BCUT2D eigenvalue weighted by molar-refractivity contribution is -0.135. The van der Waals surface area contributed by atoms with Gasteiger partial charge in [-0.15, -0.1) is 0 Å². The first kappa shape index (κ1) is 15.8. The Morgan fingerprint density at radius 1 is 1.39 bits per heavy atom. The van der Waals surface area contributed by atoms with Gasteiger partial charge in [-0.05, 0) is 45.6 Å². The highest BCUT2D eigenvalue weighted by Crippen LogP contribution is 2.21. The number of carbonyl (C=O) groups is 1. The largest absolute Gasteiger partial charge is 0.361 e. The summed E-state index contributed by atoms with van der Waals surface area (Å²) in [5, 5.41) is 8.23. The Morgan fingerprint density at radius 3 is 2.96 bits per heavy atom. The minimum atomic E-state index is 0.224. The molecular formula is C17H24N4O2. The van der Waals surface area contributed by atoms with Crippen molar-refractivity contribution in [2.75, 3.05) is 6.54 Å². The molecule has 0 bridgehead atoms. The van der Waals surface area contributed by atoms with Gasteiger partial charge >= 0.3 is 0 Å². The number of aromatic nitrogens is 3. The van der Waals surface area contributed by atoms with E-state index in [2.05, 4.69) is 10.3 Å². The first-order chi connectivity index (χ1) is 11.1. The average Bonchev–Trinajstić information content (AvgIpc) is 3.16. The summed E-state index contributed by atoms with van der Waals surface area (Å²) in [5.74, 6) is 1.05. The number of hydrogen-bond acceptors (Lipinski definition) is 4. The van der Waals surface area contributed by atoms with E-state index in [9.17, 15) is 4.79 Å². The Labute approximate surface area is 136 Å². The summed E-state index contributed by atoms with van der Waals surface area (Å²) in [6, 6.07) is 2.17. The van der Waals surface area contributed by atoms with Crippen LogP contribution in [-0.2, 0) is 17.8 Å². The van der Waals surface area contributed by atoms with Crippen LogP contribution in [0.15, 0.2) is 23.0 Å². The van der Waals surface area contributed by atoms with Gasteiger partial charge in [0.1, 0.15) is 5.76 Å². The Bertz CT molecular complexity index is 628. The number of piperidine rings is 1. The molecule has 3 heterocycles. The molecule has 1 amide bonds. The molecule has 2 aromatic rings. The third kappa shape index (κ3) is 3.63. The number of nitrogens with zero attached hydrogens (tertiary/aromatic N) is 4. The molecule has 6 heteroatoms. The highest BCUT2D eigenvalue weighted by Gasteiger charge is 2.27. The van der Waals surface area contributed by atoms with Crippen LogP contribution in [0.5, 0.6) is 0 Å². The fraction of sp³-hybridized carbons (Fsp3) is 0.588. The summed E-state index contributed by atoms with van der Waals surface area (Å²) in [6.45, 7) is 5.47. The van der Waals surface area contributed by atoms with Crippen molar-refractivity contribution in [2.45, 2.75) is 58.5 Å². The maximum atomic E-state index is 12.7. The lowest BCUT2D eigenvalue weighted by atomic mass is 10.0. The second-order valence-electron chi connectivity index (χ2n) is 6.27. The van der Waals surface area contributed by atoms with Crippen molar-refractivity contribution in [3.63, 3.8) is 0 Å². The number of hydrogen-bond donors (Lipinski definition) is 0. The standard InChI is InChI=1S/C17H24N4O2/c1-13-16(14(2)23-19-13)7-8-17(22)21-11-4-3-6-15(21)12-20-10-5-9-18-20/h5,9-10,15H,3-4,6-8,11-12H2,1-2H3/t15-/m0/s1. The van der Waals surface area contributed by atoms with E-state index in [0.29, 0.717) is 12.8 Å². The second kappa shape index (κ2) is 6.98. The van der Waals surface area contributed by atoms with Crippen LogP contribution in [-0.4, -0.2) is 38.3 Å². The lowest BCUT2D eigenvalue weighted by Gasteiger charge is -2.36. The maximum Gasteiger partial charge on any atom is 0.223 e. The Kier molecular flexibility index (Phi) is 4.79. The van der Waals surface area contributed by atoms with E-state index >= 15 is 0 Å². The number of carbonyl (C=O) groups excluding carboxylic acids is 1. The van der Waals surface area contributed by atoms with Crippen molar-refractivity contribution in [1.29, 1.82) is 0 Å². The summed E-state index contributed by atoms with van der Waals surface area (Å²) >= 11 is 0. The quantitative estimate of drug-likeness (QED) is 0.850. The second-order valence-corrected chi connectivity index (χ2v) is 6.27. The van der Waals surface area contributed by atoms with E-state index in [-0.39, 0.29) is 11.9 Å². The van der Waals surface area contributed by atoms with E-state index in [4.69, 9.17) is 4.52 Å². The fourth-order valence-corrected chi connectivity index (χ4v) is 3.38. The van der Waals surface area contributed by atoms with Crippen LogP contribution in [0.25, 0.3) is 0 Å². The molecule has 2 aromatic heterocycles. The number of amides is 1.